The second-order valence-electron chi connectivity index (χ2n) is 3.71. The Bertz CT molecular complexity index is 549. The van der Waals surface area contributed by atoms with Gasteiger partial charge in [-0.05, 0) is 24.4 Å². The molecule has 0 aliphatic carbocycles. The topological polar surface area (TPSA) is 45.1 Å². The molecule has 1 saturated heterocycles. The standard InChI is InChI=1S/C10H11N5S/c1-14-10(12-9(16)13-14)15-6-11-7-4-2-3-5-8(7)15/h2-6,10H,1H3,(H2,12,13,16). The summed E-state index contributed by atoms with van der Waals surface area (Å²) >= 11 is 5.07. The molecule has 82 valence electrons. The largest absolute Gasteiger partial charge is 0.327 e. The predicted octanol–water partition coefficient (Wildman–Crippen LogP) is 0.817. The average Bonchev–Trinajstić information content (AvgIpc) is 2.81. The molecule has 1 fully saturated rings. The van der Waals surface area contributed by atoms with Gasteiger partial charge in [0.1, 0.15) is 0 Å². The van der Waals surface area contributed by atoms with Gasteiger partial charge in [0.2, 0.25) is 0 Å². The molecule has 5 nitrogen and oxygen atoms in total. The Labute approximate surface area is 98.0 Å². The van der Waals surface area contributed by atoms with Gasteiger partial charge < -0.3 is 5.32 Å². The third kappa shape index (κ3) is 1.35. The molecule has 0 spiro atoms. The lowest BCUT2D eigenvalue weighted by Gasteiger charge is -2.19. The quantitative estimate of drug-likeness (QED) is 0.714. The molecule has 0 amide bonds. The number of hydrazine groups is 1. The molecule has 0 radical (unpaired) electrons. The van der Waals surface area contributed by atoms with Gasteiger partial charge in [0.25, 0.3) is 0 Å². The van der Waals surface area contributed by atoms with Crippen molar-refractivity contribution in [1.82, 2.24) is 25.3 Å². The number of fused-ring (bicyclic) bond motifs is 1. The van der Waals surface area contributed by atoms with Crippen molar-refractivity contribution >= 4 is 28.4 Å². The van der Waals surface area contributed by atoms with Crippen molar-refractivity contribution in [2.75, 3.05) is 7.05 Å². The maximum Gasteiger partial charge on any atom is 0.183 e. The molecule has 1 unspecified atom stereocenters. The van der Waals surface area contributed by atoms with Crippen LogP contribution >= 0.6 is 12.2 Å². The van der Waals surface area contributed by atoms with E-state index in [1.165, 1.54) is 0 Å². The Balaban J connectivity index is 2.09. The van der Waals surface area contributed by atoms with E-state index in [-0.39, 0.29) is 6.29 Å². The second-order valence-corrected chi connectivity index (χ2v) is 4.12. The smallest absolute Gasteiger partial charge is 0.183 e. The molecule has 1 atom stereocenters. The van der Waals surface area contributed by atoms with Crippen LogP contribution in [0, 0.1) is 0 Å². The van der Waals surface area contributed by atoms with Crippen LogP contribution in [0.15, 0.2) is 30.6 Å². The van der Waals surface area contributed by atoms with E-state index in [9.17, 15) is 0 Å². The van der Waals surface area contributed by atoms with Crippen molar-refractivity contribution in [3.05, 3.63) is 30.6 Å². The zero-order chi connectivity index (χ0) is 11.1. The number of hydrogen-bond acceptors (Lipinski definition) is 3. The van der Waals surface area contributed by atoms with Crippen LogP contribution in [0.3, 0.4) is 0 Å². The number of thiocarbonyl (C=S) groups is 1. The Morgan fingerprint density at radius 3 is 2.94 bits per heavy atom. The van der Waals surface area contributed by atoms with E-state index in [1.807, 2.05) is 47.2 Å². The van der Waals surface area contributed by atoms with E-state index >= 15 is 0 Å². The highest BCUT2D eigenvalue weighted by molar-refractivity contribution is 7.80. The Kier molecular flexibility index (Phi) is 2.05. The molecule has 1 aliphatic rings. The van der Waals surface area contributed by atoms with Gasteiger partial charge in [-0.2, -0.15) is 5.01 Å². The van der Waals surface area contributed by atoms with Crippen LogP contribution in [-0.2, 0) is 0 Å². The molecule has 0 bridgehead atoms. The minimum absolute atomic E-state index is 0.0279. The van der Waals surface area contributed by atoms with Crippen molar-refractivity contribution in [1.29, 1.82) is 0 Å². The molecular weight excluding hydrogens is 222 g/mol. The monoisotopic (exact) mass is 233 g/mol. The Hall–Kier alpha value is -1.66. The summed E-state index contributed by atoms with van der Waals surface area (Å²) in [5, 5.41) is 5.71. The van der Waals surface area contributed by atoms with E-state index in [4.69, 9.17) is 12.2 Å². The molecule has 0 saturated carbocycles. The third-order valence-corrected chi connectivity index (χ3v) is 2.86. The lowest BCUT2D eigenvalue weighted by Crippen LogP contribution is -2.32. The number of imidazole rings is 1. The summed E-state index contributed by atoms with van der Waals surface area (Å²) < 4.78 is 2.04. The number of aromatic nitrogens is 2. The number of nitrogens with one attached hydrogen (secondary N) is 2. The maximum atomic E-state index is 5.07. The van der Waals surface area contributed by atoms with Gasteiger partial charge in [-0.3, -0.25) is 9.99 Å². The van der Waals surface area contributed by atoms with Gasteiger partial charge >= 0.3 is 0 Å². The molecule has 1 aliphatic heterocycles. The summed E-state index contributed by atoms with van der Waals surface area (Å²) in [4.78, 5) is 4.35. The zero-order valence-electron chi connectivity index (χ0n) is 8.71. The Morgan fingerprint density at radius 2 is 2.19 bits per heavy atom. The molecule has 3 rings (SSSR count). The molecule has 2 N–H and O–H groups in total. The summed E-state index contributed by atoms with van der Waals surface area (Å²) in [5.41, 5.74) is 5.09. The van der Waals surface area contributed by atoms with Crippen LogP contribution in [0.5, 0.6) is 0 Å². The van der Waals surface area contributed by atoms with Gasteiger partial charge in [-0.25, -0.2) is 4.98 Å². The summed E-state index contributed by atoms with van der Waals surface area (Å²) in [6.45, 7) is 0. The zero-order valence-corrected chi connectivity index (χ0v) is 9.53. The van der Waals surface area contributed by atoms with Crippen molar-refractivity contribution in [2.45, 2.75) is 6.29 Å². The van der Waals surface area contributed by atoms with Gasteiger partial charge in [-0.15, -0.1) is 0 Å². The van der Waals surface area contributed by atoms with Crippen LogP contribution in [0.2, 0.25) is 0 Å². The van der Waals surface area contributed by atoms with Gasteiger partial charge in [0, 0.05) is 7.05 Å². The lowest BCUT2D eigenvalue weighted by molar-refractivity contribution is 0.175. The number of hydrogen-bond donors (Lipinski definition) is 2. The highest BCUT2D eigenvalue weighted by Gasteiger charge is 2.25. The fourth-order valence-electron chi connectivity index (χ4n) is 1.90. The lowest BCUT2D eigenvalue weighted by atomic mass is 10.3. The summed E-state index contributed by atoms with van der Waals surface area (Å²) in [5.74, 6) is 0. The first-order valence-corrected chi connectivity index (χ1v) is 5.38. The van der Waals surface area contributed by atoms with Gasteiger partial charge in [0.15, 0.2) is 11.4 Å². The molecule has 1 aromatic heterocycles. The fourth-order valence-corrected chi connectivity index (χ4v) is 2.15. The number of nitrogens with zero attached hydrogens (tertiary/aromatic N) is 3. The molecule has 2 heterocycles. The van der Waals surface area contributed by atoms with Crippen molar-refractivity contribution in [2.24, 2.45) is 0 Å². The SMILES string of the molecule is CN1NC(=S)NC1n1cnc2ccccc21. The third-order valence-electron chi connectivity index (χ3n) is 2.65. The predicted molar refractivity (Wildman–Crippen MR) is 65.4 cm³/mol. The van der Waals surface area contributed by atoms with Crippen molar-refractivity contribution in [3.8, 4) is 0 Å². The summed E-state index contributed by atoms with van der Waals surface area (Å²) in [6, 6.07) is 8.02. The molecular formula is C10H11N5S. The van der Waals surface area contributed by atoms with Crippen LogP contribution < -0.4 is 10.7 Å². The fraction of sp³-hybridized carbons (Fsp3) is 0.200. The normalized spacial score (nSPS) is 21.1. The van der Waals surface area contributed by atoms with E-state index in [2.05, 4.69) is 15.7 Å². The maximum absolute atomic E-state index is 5.07. The van der Waals surface area contributed by atoms with E-state index in [0.717, 1.165) is 11.0 Å². The van der Waals surface area contributed by atoms with Gasteiger partial charge in [0.05, 0.1) is 17.4 Å². The summed E-state index contributed by atoms with van der Waals surface area (Å²) in [7, 11) is 1.94. The van der Waals surface area contributed by atoms with Crippen molar-refractivity contribution < 1.29 is 0 Å². The molecule has 16 heavy (non-hydrogen) atoms. The van der Waals surface area contributed by atoms with Crippen LogP contribution in [0.1, 0.15) is 6.29 Å². The minimum atomic E-state index is -0.0279. The Morgan fingerprint density at radius 1 is 1.38 bits per heavy atom. The van der Waals surface area contributed by atoms with E-state index < -0.39 is 0 Å². The first kappa shape index (κ1) is 9.56. The highest BCUT2D eigenvalue weighted by atomic mass is 32.1. The van der Waals surface area contributed by atoms with Crippen molar-refractivity contribution in [3.63, 3.8) is 0 Å². The first-order chi connectivity index (χ1) is 7.75. The average molecular weight is 233 g/mol. The number of para-hydroxylation sites is 2. The van der Waals surface area contributed by atoms with Crippen LogP contribution in [0.4, 0.5) is 0 Å². The second kappa shape index (κ2) is 3.43. The summed E-state index contributed by atoms with van der Waals surface area (Å²) in [6.07, 6.45) is 1.79. The number of benzene rings is 1. The first-order valence-electron chi connectivity index (χ1n) is 4.97. The highest BCUT2D eigenvalue weighted by Crippen LogP contribution is 2.18. The number of rotatable bonds is 1. The van der Waals surface area contributed by atoms with E-state index in [0.29, 0.717) is 5.11 Å². The van der Waals surface area contributed by atoms with Gasteiger partial charge in [-0.1, -0.05) is 12.1 Å². The van der Waals surface area contributed by atoms with Crippen LogP contribution in [0.25, 0.3) is 11.0 Å². The minimum Gasteiger partial charge on any atom is -0.327 e. The molecule has 2 aromatic rings. The molecule has 1 aromatic carbocycles. The van der Waals surface area contributed by atoms with Crippen LogP contribution in [-0.4, -0.2) is 26.7 Å². The molecule has 6 heteroatoms. The van der Waals surface area contributed by atoms with E-state index in [1.54, 1.807) is 0 Å².